The third-order valence-electron chi connectivity index (χ3n) is 3.77. The number of thioether (sulfide) groups is 1. The smallest absolute Gasteiger partial charge is 0.229 e. The van der Waals surface area contributed by atoms with Crippen LogP contribution in [0.3, 0.4) is 0 Å². The van der Waals surface area contributed by atoms with Crippen molar-refractivity contribution >= 4 is 57.4 Å². The Morgan fingerprint density at radius 1 is 1.18 bits per heavy atom. The van der Waals surface area contributed by atoms with Crippen LogP contribution in [-0.4, -0.2) is 39.2 Å². The molecule has 0 unspecified atom stereocenters. The van der Waals surface area contributed by atoms with Crippen LogP contribution in [0.2, 0.25) is 5.02 Å². The molecule has 0 saturated carbocycles. The zero-order chi connectivity index (χ0) is 20.4. The summed E-state index contributed by atoms with van der Waals surface area (Å²) in [5, 5.41) is 13.0. The zero-order valence-corrected chi connectivity index (χ0v) is 18.6. The number of hydrogen-bond donors (Lipinski definition) is 2. The summed E-state index contributed by atoms with van der Waals surface area (Å²) in [6.45, 7) is 6.02. The summed E-state index contributed by atoms with van der Waals surface area (Å²) < 4.78 is 0.793. The van der Waals surface area contributed by atoms with E-state index in [1.165, 1.54) is 23.1 Å². The second kappa shape index (κ2) is 8.46. The Morgan fingerprint density at radius 3 is 2.61 bits per heavy atom. The normalized spacial score (nSPS) is 12.1. The van der Waals surface area contributed by atoms with Crippen LogP contribution < -0.4 is 16.0 Å². The second-order valence-electron chi connectivity index (χ2n) is 6.44. The lowest BCUT2D eigenvalue weighted by Gasteiger charge is -2.13. The van der Waals surface area contributed by atoms with Crippen molar-refractivity contribution in [2.24, 2.45) is 0 Å². The molecule has 28 heavy (non-hydrogen) atoms. The van der Waals surface area contributed by atoms with E-state index in [9.17, 15) is 0 Å². The molecule has 0 aliphatic heterocycles. The first kappa shape index (κ1) is 20.6. The first-order chi connectivity index (χ1) is 13.2. The van der Waals surface area contributed by atoms with Gasteiger partial charge in [0.15, 0.2) is 4.34 Å². The van der Waals surface area contributed by atoms with Gasteiger partial charge in [-0.25, -0.2) is 0 Å². The second-order valence-corrected chi connectivity index (χ2v) is 9.42. The number of rotatable bonds is 6. The Bertz CT molecular complexity index is 968. The van der Waals surface area contributed by atoms with Gasteiger partial charge in [-0.1, -0.05) is 40.8 Å². The number of anilines is 4. The van der Waals surface area contributed by atoms with Crippen LogP contribution >= 0.6 is 34.7 Å². The fourth-order valence-corrected chi connectivity index (χ4v) is 4.79. The summed E-state index contributed by atoms with van der Waals surface area (Å²) in [5.41, 5.74) is 8.82. The summed E-state index contributed by atoms with van der Waals surface area (Å²) in [7, 11) is 3.72. The highest BCUT2D eigenvalue weighted by molar-refractivity contribution is 8.01. The Morgan fingerprint density at radius 2 is 1.93 bits per heavy atom. The van der Waals surface area contributed by atoms with Gasteiger partial charge in [0, 0.05) is 14.1 Å². The third kappa shape index (κ3) is 4.81. The average molecular weight is 437 g/mol. The van der Waals surface area contributed by atoms with Crippen molar-refractivity contribution in [1.29, 1.82) is 0 Å². The topological polar surface area (TPSA) is 106 Å². The quantitative estimate of drug-likeness (QED) is 0.548. The number of halogens is 1. The van der Waals surface area contributed by atoms with E-state index in [2.05, 4.69) is 36.5 Å². The standard InChI is InChI=1S/C17H21ClN8S2/c1-8-6-9(2)12(11(18)7-8)20-16-24-25-17(28-16)27-10(3)13-21-14(19)23-15(22-13)26(4)5/h6-7,10H,1-5H3,(H,20,24)(H2,19,21,22,23)/t10-/m0/s1. The minimum Gasteiger partial charge on any atom is -0.368 e. The Hall–Kier alpha value is -2.17. The number of aromatic nitrogens is 5. The van der Waals surface area contributed by atoms with Crippen molar-refractivity contribution < 1.29 is 0 Å². The molecule has 1 atom stereocenters. The highest BCUT2D eigenvalue weighted by Gasteiger charge is 2.17. The summed E-state index contributed by atoms with van der Waals surface area (Å²) in [5.74, 6) is 1.33. The molecule has 0 aliphatic rings. The lowest BCUT2D eigenvalue weighted by atomic mass is 10.1. The van der Waals surface area contributed by atoms with Crippen LogP contribution in [0, 0.1) is 13.8 Å². The Balaban J connectivity index is 1.75. The van der Waals surface area contributed by atoms with Gasteiger partial charge < -0.3 is 16.0 Å². The maximum Gasteiger partial charge on any atom is 0.229 e. The molecule has 0 amide bonds. The highest BCUT2D eigenvalue weighted by atomic mass is 35.5. The monoisotopic (exact) mass is 436 g/mol. The van der Waals surface area contributed by atoms with Crippen LogP contribution in [0.4, 0.5) is 22.7 Å². The number of hydrogen-bond acceptors (Lipinski definition) is 10. The molecule has 148 valence electrons. The first-order valence-electron chi connectivity index (χ1n) is 8.45. The van der Waals surface area contributed by atoms with Crippen molar-refractivity contribution in [3.05, 3.63) is 34.1 Å². The van der Waals surface area contributed by atoms with Crippen molar-refractivity contribution in [3.63, 3.8) is 0 Å². The summed E-state index contributed by atoms with van der Waals surface area (Å²) >= 11 is 9.32. The Labute approximate surface area is 177 Å². The van der Waals surface area contributed by atoms with Crippen LogP contribution in [0.1, 0.15) is 29.1 Å². The fraction of sp³-hybridized carbons (Fsp3) is 0.353. The number of aryl methyl sites for hydroxylation is 2. The molecular weight excluding hydrogens is 416 g/mol. The van der Waals surface area contributed by atoms with E-state index in [1.807, 2.05) is 40.9 Å². The van der Waals surface area contributed by atoms with E-state index in [1.54, 1.807) is 4.90 Å². The molecule has 0 spiro atoms. The van der Waals surface area contributed by atoms with Gasteiger partial charge in [0.05, 0.1) is 16.0 Å². The number of nitrogens with zero attached hydrogens (tertiary/aromatic N) is 6. The predicted molar refractivity (Wildman–Crippen MR) is 117 cm³/mol. The summed E-state index contributed by atoms with van der Waals surface area (Å²) in [6, 6.07) is 3.99. The first-order valence-corrected chi connectivity index (χ1v) is 10.5. The van der Waals surface area contributed by atoms with Crippen LogP contribution in [0.15, 0.2) is 16.5 Å². The SMILES string of the molecule is Cc1cc(C)c(Nc2nnc(S[C@@H](C)c3nc(N)nc(N(C)C)n3)s2)c(Cl)c1. The van der Waals surface area contributed by atoms with Gasteiger partial charge in [-0.3, -0.25) is 0 Å². The number of nitrogen functional groups attached to an aromatic ring is 1. The molecule has 3 aromatic rings. The molecule has 1 aromatic carbocycles. The number of nitrogens with two attached hydrogens (primary N) is 1. The van der Waals surface area contributed by atoms with Crippen LogP contribution in [-0.2, 0) is 0 Å². The fourth-order valence-electron chi connectivity index (χ4n) is 2.47. The molecule has 0 radical (unpaired) electrons. The molecule has 0 saturated heterocycles. The summed E-state index contributed by atoms with van der Waals surface area (Å²) in [6.07, 6.45) is 0. The van der Waals surface area contributed by atoms with E-state index < -0.39 is 0 Å². The van der Waals surface area contributed by atoms with Crippen molar-refractivity contribution in [3.8, 4) is 0 Å². The van der Waals surface area contributed by atoms with E-state index in [-0.39, 0.29) is 11.2 Å². The zero-order valence-electron chi connectivity index (χ0n) is 16.2. The van der Waals surface area contributed by atoms with Crippen molar-refractivity contribution in [1.82, 2.24) is 25.1 Å². The number of nitrogens with one attached hydrogen (secondary N) is 1. The van der Waals surface area contributed by atoms with Gasteiger partial charge in [0.25, 0.3) is 0 Å². The molecule has 2 heterocycles. The summed E-state index contributed by atoms with van der Waals surface area (Å²) in [4.78, 5) is 14.6. The van der Waals surface area contributed by atoms with Gasteiger partial charge in [-0.2, -0.15) is 15.0 Å². The molecule has 3 N–H and O–H groups in total. The van der Waals surface area contributed by atoms with Crippen molar-refractivity contribution in [2.45, 2.75) is 30.4 Å². The largest absolute Gasteiger partial charge is 0.368 e. The third-order valence-corrected chi connectivity index (χ3v) is 6.09. The molecule has 0 bridgehead atoms. The van der Waals surface area contributed by atoms with Gasteiger partial charge in [0.1, 0.15) is 5.82 Å². The lowest BCUT2D eigenvalue weighted by molar-refractivity contribution is 0.863. The van der Waals surface area contributed by atoms with Gasteiger partial charge in [-0.05, 0) is 38.0 Å². The minimum absolute atomic E-state index is 0.0606. The van der Waals surface area contributed by atoms with Crippen LogP contribution in [0.5, 0.6) is 0 Å². The van der Waals surface area contributed by atoms with E-state index in [0.29, 0.717) is 21.9 Å². The van der Waals surface area contributed by atoms with Gasteiger partial charge in [-0.15, -0.1) is 10.2 Å². The molecular formula is C17H21ClN8S2. The maximum atomic E-state index is 6.36. The molecule has 8 nitrogen and oxygen atoms in total. The average Bonchev–Trinajstić information content (AvgIpc) is 3.04. The molecule has 3 rings (SSSR count). The van der Waals surface area contributed by atoms with E-state index >= 15 is 0 Å². The maximum absolute atomic E-state index is 6.36. The predicted octanol–water partition coefficient (Wildman–Crippen LogP) is 4.24. The van der Waals surface area contributed by atoms with Crippen LogP contribution in [0.25, 0.3) is 0 Å². The molecule has 0 aliphatic carbocycles. The van der Waals surface area contributed by atoms with E-state index in [0.717, 1.165) is 21.2 Å². The molecule has 0 fully saturated rings. The minimum atomic E-state index is -0.0606. The van der Waals surface area contributed by atoms with Gasteiger partial charge >= 0.3 is 0 Å². The van der Waals surface area contributed by atoms with E-state index in [4.69, 9.17) is 17.3 Å². The van der Waals surface area contributed by atoms with Gasteiger partial charge in [0.2, 0.25) is 17.0 Å². The van der Waals surface area contributed by atoms with Crippen molar-refractivity contribution in [2.75, 3.05) is 30.0 Å². The highest BCUT2D eigenvalue weighted by Crippen LogP contribution is 2.38. The molecule has 2 aromatic heterocycles. The Kier molecular flexibility index (Phi) is 6.21. The number of benzene rings is 1. The molecule has 11 heteroatoms. The lowest BCUT2D eigenvalue weighted by Crippen LogP contribution is -2.16.